The van der Waals surface area contributed by atoms with Crippen molar-refractivity contribution in [2.24, 2.45) is 5.92 Å². The number of rotatable bonds is 5. The van der Waals surface area contributed by atoms with Gasteiger partial charge in [-0.05, 0) is 43.9 Å². The number of nitrogens with one attached hydrogen (secondary N) is 1. The molecule has 0 heterocycles. The van der Waals surface area contributed by atoms with E-state index in [4.69, 9.17) is 4.74 Å². The number of hydrogen-bond donors (Lipinski definition) is 1. The van der Waals surface area contributed by atoms with Crippen LogP contribution in [0.5, 0.6) is 0 Å². The Morgan fingerprint density at radius 1 is 1.45 bits per heavy atom. The highest BCUT2D eigenvalue weighted by molar-refractivity contribution is 9.10. The zero-order valence-corrected chi connectivity index (χ0v) is 14.4. The molecule has 112 valence electrons. The van der Waals surface area contributed by atoms with Gasteiger partial charge in [-0.15, -0.1) is 0 Å². The van der Waals surface area contributed by atoms with Gasteiger partial charge in [-0.1, -0.05) is 53.9 Å². The first-order valence-corrected chi connectivity index (χ1v) is 8.36. The smallest absolute Gasteiger partial charge is 0.0836 e. The fraction of sp³-hybridized carbons (Fsp3) is 0.647. The van der Waals surface area contributed by atoms with Crippen molar-refractivity contribution in [1.82, 2.24) is 5.32 Å². The molecule has 2 nitrogen and oxygen atoms in total. The van der Waals surface area contributed by atoms with E-state index in [1.54, 1.807) is 0 Å². The molecule has 1 saturated carbocycles. The minimum atomic E-state index is -0.0261. The second-order valence-electron chi connectivity index (χ2n) is 6.11. The number of likely N-dealkylation sites (N-methyl/N-ethyl adjacent to an activating group) is 1. The number of ether oxygens (including phenoxy) is 1. The summed E-state index contributed by atoms with van der Waals surface area (Å²) in [7, 11) is 3.93. The summed E-state index contributed by atoms with van der Waals surface area (Å²) in [6.45, 7) is 2.35. The van der Waals surface area contributed by atoms with Crippen LogP contribution in [0.4, 0.5) is 0 Å². The lowest BCUT2D eigenvalue weighted by atomic mass is 9.73. The van der Waals surface area contributed by atoms with Gasteiger partial charge in [0.1, 0.15) is 0 Å². The van der Waals surface area contributed by atoms with E-state index >= 15 is 0 Å². The highest BCUT2D eigenvalue weighted by Crippen LogP contribution is 2.38. The molecule has 1 aromatic rings. The second kappa shape index (κ2) is 7.06. The number of hydrogen-bond acceptors (Lipinski definition) is 2. The van der Waals surface area contributed by atoms with Gasteiger partial charge >= 0.3 is 0 Å². The van der Waals surface area contributed by atoms with Gasteiger partial charge in [0.2, 0.25) is 0 Å². The Hall–Kier alpha value is -0.380. The summed E-state index contributed by atoms with van der Waals surface area (Å²) in [5.74, 6) is 0.749. The van der Waals surface area contributed by atoms with Crippen molar-refractivity contribution in [3.8, 4) is 0 Å². The average molecular weight is 340 g/mol. The van der Waals surface area contributed by atoms with Gasteiger partial charge in [0.15, 0.2) is 0 Å². The predicted octanol–water partition coefficient (Wildman–Crippen LogP) is 4.17. The molecule has 0 radical (unpaired) electrons. The molecule has 3 unspecified atom stereocenters. The normalized spacial score (nSPS) is 28.3. The lowest BCUT2D eigenvalue weighted by molar-refractivity contribution is -0.0775. The highest BCUT2D eigenvalue weighted by atomic mass is 79.9. The zero-order chi connectivity index (χ0) is 14.6. The Bertz CT molecular complexity index is 437. The molecule has 1 N–H and O–H groups in total. The Labute approximate surface area is 131 Å². The molecular formula is C17H26BrNO. The van der Waals surface area contributed by atoms with Crippen LogP contribution in [-0.4, -0.2) is 25.8 Å². The summed E-state index contributed by atoms with van der Waals surface area (Å²) in [4.78, 5) is 0. The Kier molecular flexibility index (Phi) is 5.65. The molecule has 0 saturated heterocycles. The van der Waals surface area contributed by atoms with Crippen molar-refractivity contribution >= 4 is 15.9 Å². The summed E-state index contributed by atoms with van der Waals surface area (Å²) >= 11 is 3.66. The minimum absolute atomic E-state index is 0.0261. The summed E-state index contributed by atoms with van der Waals surface area (Å²) in [6.07, 6.45) is 5.90. The fourth-order valence-corrected chi connectivity index (χ4v) is 4.07. The summed E-state index contributed by atoms with van der Waals surface area (Å²) in [5, 5.41) is 3.51. The van der Waals surface area contributed by atoms with Gasteiger partial charge < -0.3 is 10.1 Å². The van der Waals surface area contributed by atoms with Crippen molar-refractivity contribution in [2.45, 2.75) is 50.7 Å². The van der Waals surface area contributed by atoms with E-state index in [0.29, 0.717) is 6.04 Å². The van der Waals surface area contributed by atoms with Crippen LogP contribution in [0.25, 0.3) is 0 Å². The molecule has 1 aromatic carbocycles. The van der Waals surface area contributed by atoms with Gasteiger partial charge in [0.05, 0.1) is 5.60 Å². The van der Waals surface area contributed by atoms with E-state index in [9.17, 15) is 0 Å². The van der Waals surface area contributed by atoms with Crippen LogP contribution in [0.1, 0.15) is 38.2 Å². The van der Waals surface area contributed by atoms with Gasteiger partial charge in [-0.2, -0.15) is 0 Å². The minimum Gasteiger partial charge on any atom is -0.377 e. The molecule has 0 amide bonds. The number of methoxy groups -OCH3 is 1. The molecule has 3 heteroatoms. The Morgan fingerprint density at radius 2 is 2.20 bits per heavy atom. The average Bonchev–Trinajstić information content (AvgIpc) is 2.46. The molecule has 3 atom stereocenters. The van der Waals surface area contributed by atoms with E-state index in [1.165, 1.54) is 22.9 Å². The number of halogens is 1. The molecule has 1 fully saturated rings. The van der Waals surface area contributed by atoms with Gasteiger partial charge in [0.25, 0.3) is 0 Å². The quantitative estimate of drug-likeness (QED) is 0.868. The van der Waals surface area contributed by atoms with Crippen LogP contribution >= 0.6 is 15.9 Å². The maximum Gasteiger partial charge on any atom is 0.0836 e. The third-order valence-corrected chi connectivity index (χ3v) is 5.54. The van der Waals surface area contributed by atoms with Crippen molar-refractivity contribution in [2.75, 3.05) is 14.2 Å². The fourth-order valence-electron chi connectivity index (χ4n) is 3.62. The van der Waals surface area contributed by atoms with Crippen LogP contribution < -0.4 is 5.32 Å². The lowest BCUT2D eigenvalue weighted by Crippen LogP contribution is -2.54. The Morgan fingerprint density at radius 3 is 2.80 bits per heavy atom. The highest BCUT2D eigenvalue weighted by Gasteiger charge is 2.41. The first-order chi connectivity index (χ1) is 9.61. The van der Waals surface area contributed by atoms with Crippen molar-refractivity contribution < 1.29 is 4.74 Å². The first-order valence-electron chi connectivity index (χ1n) is 7.57. The molecule has 0 spiro atoms. The van der Waals surface area contributed by atoms with Crippen molar-refractivity contribution in [1.29, 1.82) is 0 Å². The van der Waals surface area contributed by atoms with Crippen LogP contribution in [0.2, 0.25) is 0 Å². The van der Waals surface area contributed by atoms with E-state index in [-0.39, 0.29) is 5.60 Å². The molecular weight excluding hydrogens is 314 g/mol. The monoisotopic (exact) mass is 339 g/mol. The largest absolute Gasteiger partial charge is 0.377 e. The standard InChI is InChI=1S/C17H26BrNO/c1-13-7-6-10-17(12-13,20-3)16(19-2)11-14-8-4-5-9-15(14)18/h4-5,8-9,13,16,19H,6-7,10-12H2,1-3H3. The molecule has 0 aliphatic heterocycles. The SMILES string of the molecule is CNC(Cc1ccccc1Br)C1(OC)CCCC(C)C1. The molecule has 1 aliphatic rings. The van der Waals surface area contributed by atoms with E-state index in [0.717, 1.165) is 25.2 Å². The van der Waals surface area contributed by atoms with E-state index < -0.39 is 0 Å². The van der Waals surface area contributed by atoms with Crippen molar-refractivity contribution in [3.05, 3.63) is 34.3 Å². The first kappa shape index (κ1) is 16.0. The molecule has 2 rings (SSSR count). The van der Waals surface area contributed by atoms with E-state index in [1.807, 2.05) is 7.11 Å². The lowest BCUT2D eigenvalue weighted by Gasteiger charge is -2.44. The molecule has 0 bridgehead atoms. The molecule has 1 aliphatic carbocycles. The van der Waals surface area contributed by atoms with Crippen LogP contribution in [-0.2, 0) is 11.2 Å². The maximum absolute atomic E-state index is 6.04. The van der Waals surface area contributed by atoms with Crippen LogP contribution in [0, 0.1) is 5.92 Å². The summed E-state index contributed by atoms with van der Waals surface area (Å²) < 4.78 is 7.23. The predicted molar refractivity (Wildman–Crippen MR) is 88.1 cm³/mol. The van der Waals surface area contributed by atoms with Crippen LogP contribution in [0.3, 0.4) is 0 Å². The maximum atomic E-state index is 6.04. The topological polar surface area (TPSA) is 21.3 Å². The van der Waals surface area contributed by atoms with Crippen molar-refractivity contribution in [3.63, 3.8) is 0 Å². The third kappa shape index (κ3) is 3.44. The molecule has 0 aromatic heterocycles. The third-order valence-electron chi connectivity index (χ3n) is 4.76. The Balaban J connectivity index is 2.19. The van der Waals surface area contributed by atoms with Gasteiger partial charge in [0, 0.05) is 17.6 Å². The summed E-state index contributed by atoms with van der Waals surface area (Å²) in [6, 6.07) is 8.84. The zero-order valence-electron chi connectivity index (χ0n) is 12.8. The van der Waals surface area contributed by atoms with E-state index in [2.05, 4.69) is 59.5 Å². The second-order valence-corrected chi connectivity index (χ2v) is 6.96. The summed E-state index contributed by atoms with van der Waals surface area (Å²) in [5.41, 5.74) is 1.32. The van der Waals surface area contributed by atoms with Gasteiger partial charge in [-0.3, -0.25) is 0 Å². The number of benzene rings is 1. The van der Waals surface area contributed by atoms with Crippen LogP contribution in [0.15, 0.2) is 28.7 Å². The molecule has 20 heavy (non-hydrogen) atoms. The van der Waals surface area contributed by atoms with Gasteiger partial charge in [-0.25, -0.2) is 0 Å².